The molecule has 1 aliphatic heterocycles. The van der Waals surface area contributed by atoms with Crippen molar-refractivity contribution in [2.45, 2.75) is 19.7 Å². The number of halogens is 2. The van der Waals surface area contributed by atoms with E-state index in [9.17, 15) is 0 Å². The van der Waals surface area contributed by atoms with Crippen molar-refractivity contribution in [2.24, 2.45) is 11.8 Å². The minimum absolute atomic E-state index is 0.438. The number of alkyl halides is 1. The van der Waals surface area contributed by atoms with Crippen LogP contribution in [0.1, 0.15) is 19.4 Å². The van der Waals surface area contributed by atoms with E-state index >= 15 is 0 Å². The van der Waals surface area contributed by atoms with Gasteiger partial charge in [0.15, 0.2) is 0 Å². The Bertz CT molecular complexity index is 371. The minimum Gasteiger partial charge on any atom is -0.356 e. The fraction of sp³-hybridized carbons (Fsp3) is 0.583. The van der Waals surface area contributed by atoms with E-state index in [1.54, 1.807) is 6.20 Å². The van der Waals surface area contributed by atoms with Gasteiger partial charge in [-0.2, -0.15) is 0 Å². The van der Waals surface area contributed by atoms with Gasteiger partial charge in [-0.1, -0.05) is 25.4 Å². The quantitative estimate of drug-likeness (QED) is 0.755. The van der Waals surface area contributed by atoms with Crippen LogP contribution in [0.4, 0.5) is 5.82 Å². The van der Waals surface area contributed by atoms with E-state index in [1.807, 2.05) is 6.07 Å². The van der Waals surface area contributed by atoms with Gasteiger partial charge in [-0.25, -0.2) is 4.98 Å². The molecule has 0 radical (unpaired) electrons. The van der Waals surface area contributed by atoms with E-state index in [0.29, 0.717) is 10.9 Å². The van der Waals surface area contributed by atoms with Gasteiger partial charge in [0, 0.05) is 25.2 Å². The van der Waals surface area contributed by atoms with E-state index in [4.69, 9.17) is 23.2 Å². The maximum absolute atomic E-state index is 5.99. The summed E-state index contributed by atoms with van der Waals surface area (Å²) in [6.07, 6.45) is 1.70. The van der Waals surface area contributed by atoms with Crippen LogP contribution in [-0.4, -0.2) is 18.1 Å². The summed E-state index contributed by atoms with van der Waals surface area (Å²) >= 11 is 11.8. The van der Waals surface area contributed by atoms with Crippen LogP contribution in [0.3, 0.4) is 0 Å². The monoisotopic (exact) mass is 258 g/mol. The molecular weight excluding hydrogens is 243 g/mol. The van der Waals surface area contributed by atoms with Gasteiger partial charge in [-0.05, 0) is 23.5 Å². The molecule has 1 aliphatic rings. The number of hydrogen-bond donors (Lipinski definition) is 0. The van der Waals surface area contributed by atoms with Crippen LogP contribution in [0.5, 0.6) is 0 Å². The molecule has 2 rings (SSSR count). The highest BCUT2D eigenvalue weighted by Gasteiger charge is 2.26. The molecule has 0 spiro atoms. The topological polar surface area (TPSA) is 16.1 Å². The van der Waals surface area contributed by atoms with Gasteiger partial charge < -0.3 is 4.90 Å². The summed E-state index contributed by atoms with van der Waals surface area (Å²) in [5.74, 6) is 2.87. The second-order valence-electron chi connectivity index (χ2n) is 4.63. The van der Waals surface area contributed by atoms with Crippen molar-refractivity contribution in [3.05, 3.63) is 22.8 Å². The molecule has 16 heavy (non-hydrogen) atoms. The number of nitrogens with zero attached hydrogens (tertiary/aromatic N) is 2. The first kappa shape index (κ1) is 12.0. The highest BCUT2D eigenvalue weighted by molar-refractivity contribution is 6.32. The van der Waals surface area contributed by atoms with Crippen LogP contribution in [0.2, 0.25) is 5.02 Å². The maximum Gasteiger partial charge on any atom is 0.128 e. The van der Waals surface area contributed by atoms with Crippen LogP contribution in [0, 0.1) is 11.8 Å². The van der Waals surface area contributed by atoms with Gasteiger partial charge in [0.25, 0.3) is 0 Å². The summed E-state index contributed by atoms with van der Waals surface area (Å²) < 4.78 is 0. The normalized spacial score (nSPS) is 25.1. The molecule has 2 nitrogen and oxygen atoms in total. The van der Waals surface area contributed by atoms with Gasteiger partial charge in [0.1, 0.15) is 5.82 Å². The summed E-state index contributed by atoms with van der Waals surface area (Å²) in [5.41, 5.74) is 0.959. The predicted octanol–water partition coefficient (Wildman–Crippen LogP) is 3.57. The standard InChI is InChI=1S/C12H16Cl2N2/c1-8-6-16(7-9(8)2)12-3-10(4-13)11(14)5-15-12/h3,5,8-9H,4,6-7H2,1-2H3. The van der Waals surface area contributed by atoms with Gasteiger partial charge in [-0.15, -0.1) is 11.6 Å². The molecule has 0 amide bonds. The van der Waals surface area contributed by atoms with Gasteiger partial charge >= 0.3 is 0 Å². The Kier molecular flexibility index (Phi) is 3.60. The van der Waals surface area contributed by atoms with Crippen molar-refractivity contribution < 1.29 is 0 Å². The second-order valence-corrected chi connectivity index (χ2v) is 5.30. The predicted molar refractivity (Wildman–Crippen MR) is 69.3 cm³/mol. The van der Waals surface area contributed by atoms with Crippen LogP contribution < -0.4 is 4.90 Å². The lowest BCUT2D eigenvalue weighted by atomic mass is 10.0. The van der Waals surface area contributed by atoms with Crippen molar-refractivity contribution in [3.63, 3.8) is 0 Å². The Balaban J connectivity index is 2.22. The highest BCUT2D eigenvalue weighted by Crippen LogP contribution is 2.28. The third-order valence-electron chi connectivity index (χ3n) is 3.38. The second kappa shape index (κ2) is 4.80. The number of rotatable bonds is 2. The van der Waals surface area contributed by atoms with Gasteiger partial charge in [0.05, 0.1) is 5.02 Å². The van der Waals surface area contributed by atoms with E-state index < -0.39 is 0 Å². The highest BCUT2D eigenvalue weighted by atomic mass is 35.5. The Morgan fingerprint density at radius 2 is 2.00 bits per heavy atom. The van der Waals surface area contributed by atoms with E-state index in [0.717, 1.165) is 36.3 Å². The smallest absolute Gasteiger partial charge is 0.128 e. The fourth-order valence-electron chi connectivity index (χ4n) is 2.06. The summed E-state index contributed by atoms with van der Waals surface area (Å²) in [5, 5.41) is 0.652. The lowest BCUT2D eigenvalue weighted by Crippen LogP contribution is -2.20. The molecule has 2 heterocycles. The molecule has 0 aromatic carbocycles. The molecule has 4 heteroatoms. The third-order valence-corrected chi connectivity index (χ3v) is 4.00. The van der Waals surface area contributed by atoms with E-state index in [1.165, 1.54) is 0 Å². The number of aromatic nitrogens is 1. The summed E-state index contributed by atoms with van der Waals surface area (Å²) in [6.45, 7) is 6.70. The van der Waals surface area contributed by atoms with Gasteiger partial charge in [0.2, 0.25) is 0 Å². The van der Waals surface area contributed by atoms with E-state index in [2.05, 4.69) is 23.7 Å². The van der Waals surface area contributed by atoms with Crippen molar-refractivity contribution in [1.82, 2.24) is 4.98 Å². The zero-order chi connectivity index (χ0) is 11.7. The molecule has 1 fully saturated rings. The van der Waals surface area contributed by atoms with Crippen LogP contribution >= 0.6 is 23.2 Å². The summed E-state index contributed by atoms with van der Waals surface area (Å²) in [4.78, 5) is 6.68. The van der Waals surface area contributed by atoms with Crippen LogP contribution in [-0.2, 0) is 5.88 Å². The molecule has 0 aliphatic carbocycles. The minimum atomic E-state index is 0.438. The summed E-state index contributed by atoms with van der Waals surface area (Å²) in [7, 11) is 0. The Morgan fingerprint density at radius 1 is 1.38 bits per heavy atom. The average molecular weight is 259 g/mol. The largest absolute Gasteiger partial charge is 0.356 e. The zero-order valence-electron chi connectivity index (χ0n) is 9.58. The molecule has 1 aromatic rings. The molecule has 0 saturated carbocycles. The first-order valence-corrected chi connectivity index (χ1v) is 6.48. The molecule has 2 unspecified atom stereocenters. The Labute approximate surface area is 107 Å². The van der Waals surface area contributed by atoms with Crippen molar-refractivity contribution in [3.8, 4) is 0 Å². The van der Waals surface area contributed by atoms with Crippen LogP contribution in [0.15, 0.2) is 12.3 Å². The number of pyridine rings is 1. The molecule has 0 N–H and O–H groups in total. The maximum atomic E-state index is 5.99. The zero-order valence-corrected chi connectivity index (χ0v) is 11.1. The lowest BCUT2D eigenvalue weighted by molar-refractivity contribution is 0.494. The molecule has 1 saturated heterocycles. The Hall–Kier alpha value is -0.470. The van der Waals surface area contributed by atoms with Gasteiger partial charge in [-0.3, -0.25) is 0 Å². The SMILES string of the molecule is CC1CN(c2cc(CCl)c(Cl)cn2)CC1C. The van der Waals surface area contributed by atoms with Crippen molar-refractivity contribution in [1.29, 1.82) is 0 Å². The first-order valence-electron chi connectivity index (χ1n) is 5.57. The molecule has 2 atom stereocenters. The van der Waals surface area contributed by atoms with Crippen molar-refractivity contribution >= 4 is 29.0 Å². The first-order chi connectivity index (χ1) is 7.61. The Morgan fingerprint density at radius 3 is 2.56 bits per heavy atom. The molecular formula is C12H16Cl2N2. The average Bonchev–Trinajstić information content (AvgIpc) is 2.60. The number of hydrogen-bond acceptors (Lipinski definition) is 2. The molecule has 1 aromatic heterocycles. The molecule has 0 bridgehead atoms. The third kappa shape index (κ3) is 2.28. The summed E-state index contributed by atoms with van der Waals surface area (Å²) in [6, 6.07) is 2.00. The van der Waals surface area contributed by atoms with Crippen LogP contribution in [0.25, 0.3) is 0 Å². The fourth-order valence-corrected chi connectivity index (χ4v) is 2.52. The van der Waals surface area contributed by atoms with Crippen molar-refractivity contribution in [2.75, 3.05) is 18.0 Å². The van der Waals surface area contributed by atoms with E-state index in [-0.39, 0.29) is 0 Å². The lowest BCUT2D eigenvalue weighted by Gasteiger charge is -2.17. The number of anilines is 1. The molecule has 88 valence electrons.